The van der Waals surface area contributed by atoms with Crippen molar-refractivity contribution in [2.75, 3.05) is 6.54 Å². The van der Waals surface area contributed by atoms with E-state index in [0.29, 0.717) is 19.4 Å². The first-order valence-electron chi connectivity index (χ1n) is 7.50. The molecule has 5 nitrogen and oxygen atoms in total. The average molecular weight is 283 g/mol. The van der Waals surface area contributed by atoms with Crippen LogP contribution in [0.4, 0.5) is 0 Å². The van der Waals surface area contributed by atoms with Crippen LogP contribution in [0.3, 0.4) is 0 Å². The molecule has 0 aromatic heterocycles. The van der Waals surface area contributed by atoms with E-state index in [-0.39, 0.29) is 6.04 Å². The summed E-state index contributed by atoms with van der Waals surface area (Å²) in [6, 6.07) is 0.0622. The first kappa shape index (κ1) is 17.0. The minimum absolute atomic E-state index is 0.0622. The lowest BCUT2D eigenvalue weighted by Crippen LogP contribution is -2.67. The average Bonchev–Trinajstić information content (AvgIpc) is 2.24. The summed E-state index contributed by atoms with van der Waals surface area (Å²) in [5.74, 6) is -0.946. The van der Waals surface area contributed by atoms with Gasteiger partial charge in [0.15, 0.2) is 0 Å². The molecule has 5 heteroatoms. The van der Waals surface area contributed by atoms with E-state index in [1.807, 2.05) is 34.6 Å². The van der Waals surface area contributed by atoms with Crippen molar-refractivity contribution in [3.8, 4) is 0 Å². The van der Waals surface area contributed by atoms with Crippen LogP contribution >= 0.6 is 0 Å². The zero-order valence-electron chi connectivity index (χ0n) is 13.5. The highest BCUT2D eigenvalue weighted by Gasteiger charge is 2.48. The Morgan fingerprint density at radius 3 is 2.15 bits per heavy atom. The fourth-order valence-corrected chi connectivity index (χ4v) is 3.46. The van der Waals surface area contributed by atoms with Gasteiger partial charge in [-0.25, -0.2) is 0 Å². The zero-order chi connectivity index (χ0) is 15.6. The van der Waals surface area contributed by atoms with Gasteiger partial charge >= 0.3 is 11.8 Å². The fourth-order valence-electron chi connectivity index (χ4n) is 3.46. The number of hydrogen-bond donors (Lipinski definition) is 2. The third kappa shape index (κ3) is 3.72. The zero-order valence-corrected chi connectivity index (χ0v) is 13.5. The summed E-state index contributed by atoms with van der Waals surface area (Å²) in [7, 11) is 0. The molecule has 1 aliphatic heterocycles. The Labute approximate surface area is 122 Å². The van der Waals surface area contributed by atoms with E-state index in [1.54, 1.807) is 4.90 Å². The molecule has 0 aliphatic carbocycles. The molecule has 1 rings (SSSR count). The highest BCUT2D eigenvalue weighted by atomic mass is 16.2. The van der Waals surface area contributed by atoms with Crippen molar-refractivity contribution in [1.29, 1.82) is 0 Å². The van der Waals surface area contributed by atoms with Crippen molar-refractivity contribution in [2.24, 2.45) is 5.73 Å². The Bertz CT molecular complexity index is 359. The highest BCUT2D eigenvalue weighted by Crippen LogP contribution is 2.37. The molecule has 1 fully saturated rings. The molecule has 0 aromatic carbocycles. The van der Waals surface area contributed by atoms with E-state index in [1.165, 1.54) is 0 Å². The van der Waals surface area contributed by atoms with E-state index in [2.05, 4.69) is 5.32 Å². The quantitative estimate of drug-likeness (QED) is 0.607. The van der Waals surface area contributed by atoms with Crippen molar-refractivity contribution in [3.63, 3.8) is 0 Å². The number of nitrogens with two attached hydrogens (primary N) is 1. The Morgan fingerprint density at radius 1 is 1.20 bits per heavy atom. The minimum Gasteiger partial charge on any atom is -0.348 e. The molecule has 2 amide bonds. The summed E-state index contributed by atoms with van der Waals surface area (Å²) in [6.07, 6.45) is 3.30. The maximum atomic E-state index is 12.5. The highest BCUT2D eigenvalue weighted by molar-refractivity contribution is 6.35. The van der Waals surface area contributed by atoms with E-state index >= 15 is 0 Å². The fraction of sp³-hybridized carbons (Fsp3) is 0.867. The molecule has 0 saturated carbocycles. The van der Waals surface area contributed by atoms with Crippen molar-refractivity contribution in [3.05, 3.63) is 0 Å². The Hall–Kier alpha value is -1.10. The monoisotopic (exact) mass is 283 g/mol. The van der Waals surface area contributed by atoms with E-state index in [0.717, 1.165) is 12.8 Å². The van der Waals surface area contributed by atoms with Crippen LogP contribution in [-0.4, -0.2) is 40.4 Å². The van der Waals surface area contributed by atoms with Crippen LogP contribution in [0, 0.1) is 0 Å². The summed E-state index contributed by atoms with van der Waals surface area (Å²) in [4.78, 5) is 26.3. The first-order valence-corrected chi connectivity index (χ1v) is 7.50. The second kappa shape index (κ2) is 6.12. The summed E-state index contributed by atoms with van der Waals surface area (Å²) >= 11 is 0. The lowest BCUT2D eigenvalue weighted by atomic mass is 9.77. The molecule has 1 saturated heterocycles. The summed E-state index contributed by atoms with van der Waals surface area (Å²) in [5, 5.41) is 2.71. The molecule has 1 heterocycles. The van der Waals surface area contributed by atoms with Gasteiger partial charge < -0.3 is 16.0 Å². The third-order valence-electron chi connectivity index (χ3n) is 3.95. The van der Waals surface area contributed by atoms with Gasteiger partial charge in [-0.15, -0.1) is 0 Å². The van der Waals surface area contributed by atoms with Gasteiger partial charge in [0.2, 0.25) is 0 Å². The second-order valence-electron chi connectivity index (χ2n) is 7.04. The predicted octanol–water partition coefficient (Wildman–Crippen LogP) is 1.41. The lowest BCUT2D eigenvalue weighted by molar-refractivity contribution is -0.159. The van der Waals surface area contributed by atoms with E-state index in [4.69, 9.17) is 5.73 Å². The smallest absolute Gasteiger partial charge is 0.312 e. The number of amides is 2. The van der Waals surface area contributed by atoms with Crippen LogP contribution in [0.2, 0.25) is 0 Å². The molecule has 3 N–H and O–H groups in total. The Kier molecular flexibility index (Phi) is 5.19. The first-order chi connectivity index (χ1) is 9.12. The standard InChI is InChI=1S/C15H29N3O2/c1-6-7-8-17-12(19)13(20)18-14(2,3)9-11(16)10-15(18,4)5/h11H,6-10,16H2,1-5H3,(H,17,19). The van der Waals surface area contributed by atoms with Crippen LogP contribution in [0.5, 0.6) is 0 Å². The molecule has 0 atom stereocenters. The largest absolute Gasteiger partial charge is 0.348 e. The summed E-state index contributed by atoms with van der Waals surface area (Å²) in [5.41, 5.74) is 5.28. The van der Waals surface area contributed by atoms with Crippen LogP contribution in [0.15, 0.2) is 0 Å². The SMILES string of the molecule is CCCCNC(=O)C(=O)N1C(C)(C)CC(N)CC1(C)C. The second-order valence-corrected chi connectivity index (χ2v) is 7.04. The molecular weight excluding hydrogens is 254 g/mol. The molecule has 0 unspecified atom stereocenters. The number of piperidine rings is 1. The molecule has 0 bridgehead atoms. The van der Waals surface area contributed by atoms with Gasteiger partial charge in [0.25, 0.3) is 0 Å². The number of carbonyl (C=O) groups excluding carboxylic acids is 2. The van der Waals surface area contributed by atoms with Crippen molar-refractivity contribution in [2.45, 2.75) is 77.4 Å². The van der Waals surface area contributed by atoms with Crippen molar-refractivity contribution >= 4 is 11.8 Å². The van der Waals surface area contributed by atoms with Crippen molar-refractivity contribution < 1.29 is 9.59 Å². The van der Waals surface area contributed by atoms with E-state index in [9.17, 15) is 9.59 Å². The van der Waals surface area contributed by atoms with Gasteiger partial charge in [0.05, 0.1) is 0 Å². The van der Waals surface area contributed by atoms with Crippen LogP contribution in [-0.2, 0) is 9.59 Å². The molecular formula is C15H29N3O2. The maximum absolute atomic E-state index is 12.5. The van der Waals surface area contributed by atoms with Gasteiger partial charge in [-0.1, -0.05) is 13.3 Å². The number of nitrogens with one attached hydrogen (secondary N) is 1. The lowest BCUT2D eigenvalue weighted by Gasteiger charge is -2.54. The van der Waals surface area contributed by atoms with Gasteiger partial charge in [0, 0.05) is 23.7 Å². The number of nitrogens with zero attached hydrogens (tertiary/aromatic N) is 1. The van der Waals surface area contributed by atoms with Crippen molar-refractivity contribution in [1.82, 2.24) is 10.2 Å². The number of carbonyl (C=O) groups is 2. The molecule has 1 aliphatic rings. The number of hydrogen-bond acceptors (Lipinski definition) is 3. The summed E-state index contributed by atoms with van der Waals surface area (Å²) < 4.78 is 0. The van der Waals surface area contributed by atoms with Gasteiger partial charge in [-0.2, -0.15) is 0 Å². The molecule has 20 heavy (non-hydrogen) atoms. The molecule has 116 valence electrons. The predicted molar refractivity (Wildman–Crippen MR) is 80.1 cm³/mol. The maximum Gasteiger partial charge on any atom is 0.312 e. The molecule has 0 radical (unpaired) electrons. The Morgan fingerprint density at radius 2 is 1.70 bits per heavy atom. The van der Waals surface area contributed by atoms with Gasteiger partial charge in [-0.05, 0) is 47.0 Å². The summed E-state index contributed by atoms with van der Waals surface area (Å²) in [6.45, 7) is 10.5. The third-order valence-corrected chi connectivity index (χ3v) is 3.95. The normalized spacial score (nSPS) is 21.6. The van der Waals surface area contributed by atoms with Crippen LogP contribution in [0.1, 0.15) is 60.3 Å². The topological polar surface area (TPSA) is 75.4 Å². The number of rotatable bonds is 3. The van der Waals surface area contributed by atoms with Gasteiger partial charge in [0.1, 0.15) is 0 Å². The van der Waals surface area contributed by atoms with Crippen LogP contribution in [0.25, 0.3) is 0 Å². The van der Waals surface area contributed by atoms with E-state index < -0.39 is 22.9 Å². The molecule has 0 spiro atoms. The van der Waals surface area contributed by atoms with Gasteiger partial charge in [-0.3, -0.25) is 9.59 Å². The molecule has 0 aromatic rings. The Balaban J connectivity index is 2.85. The number of unbranched alkanes of at least 4 members (excludes halogenated alkanes) is 1. The van der Waals surface area contributed by atoms with Crippen LogP contribution < -0.4 is 11.1 Å². The number of likely N-dealkylation sites (tertiary alicyclic amines) is 1. The minimum atomic E-state index is -0.505.